The number of hydrogen-bond acceptors (Lipinski definition) is 8. The van der Waals surface area contributed by atoms with Crippen LogP contribution in [0.2, 0.25) is 51.4 Å². The van der Waals surface area contributed by atoms with Crippen LogP contribution in [0.4, 0.5) is 0 Å². The van der Waals surface area contributed by atoms with E-state index >= 15 is 0 Å². The van der Waals surface area contributed by atoms with E-state index in [0.29, 0.717) is 17.2 Å². The fourth-order valence-electron chi connectivity index (χ4n) is 5.35. The molecule has 0 heterocycles. The van der Waals surface area contributed by atoms with Gasteiger partial charge in [0.2, 0.25) is 0 Å². The van der Waals surface area contributed by atoms with Crippen molar-refractivity contribution in [2.75, 3.05) is 20.3 Å². The maximum Gasteiger partial charge on any atom is 0.311 e. The summed E-state index contributed by atoms with van der Waals surface area (Å²) in [7, 11) is -4.57. The van der Waals surface area contributed by atoms with Crippen molar-refractivity contribution in [3.05, 3.63) is 53.1 Å². The van der Waals surface area contributed by atoms with Crippen LogP contribution in [0.5, 0.6) is 17.2 Å². The molecule has 0 bridgehead atoms. The fraction of sp³-hybridized carbons (Fsp3) is 0.625. The summed E-state index contributed by atoms with van der Waals surface area (Å²) in [6, 6.07) is 14.0. The summed E-state index contributed by atoms with van der Waals surface area (Å²) in [5.74, 6) is 1.96. The number of aliphatic hydroxyl groups is 3. The van der Waals surface area contributed by atoms with E-state index < -0.39 is 37.4 Å². The Morgan fingerprint density at radius 3 is 1.60 bits per heavy atom. The van der Waals surface area contributed by atoms with Crippen molar-refractivity contribution < 1.29 is 37.8 Å². The van der Waals surface area contributed by atoms with Crippen LogP contribution in [0.3, 0.4) is 0 Å². The number of rotatable bonds is 20. The minimum absolute atomic E-state index is 0.0939. The normalized spacial score (nSPS) is 14.0. The Hall–Kier alpha value is -1.71. The molecule has 2 unspecified atom stereocenters. The second kappa shape index (κ2) is 17.1. The van der Waals surface area contributed by atoms with Gasteiger partial charge in [0.15, 0.2) is 28.1 Å². The molecule has 0 fully saturated rings. The van der Waals surface area contributed by atoms with Crippen molar-refractivity contribution in [2.24, 2.45) is 0 Å². The van der Waals surface area contributed by atoms with Gasteiger partial charge in [0.05, 0.1) is 25.9 Å². The second-order valence-corrected chi connectivity index (χ2v) is 25.7. The summed E-state index contributed by atoms with van der Waals surface area (Å²) in [5, 5.41) is 28.8. The number of benzene rings is 2. The number of hydrogen-bond donors (Lipinski definition) is 3. The van der Waals surface area contributed by atoms with Gasteiger partial charge in [-0.1, -0.05) is 12.1 Å². The first kappa shape index (κ1) is 37.5. The van der Waals surface area contributed by atoms with Gasteiger partial charge in [-0.25, -0.2) is 0 Å². The van der Waals surface area contributed by atoms with Crippen molar-refractivity contribution in [3.63, 3.8) is 0 Å². The first-order chi connectivity index (χ1) is 20.0. The molecule has 0 amide bonds. The van der Waals surface area contributed by atoms with Crippen LogP contribution in [0.15, 0.2) is 36.4 Å². The van der Waals surface area contributed by atoms with E-state index in [1.54, 1.807) is 21.0 Å². The Morgan fingerprint density at radius 1 is 0.674 bits per heavy atom. The molecule has 0 aromatic heterocycles. The zero-order chi connectivity index (χ0) is 32.3. The second-order valence-electron chi connectivity index (χ2n) is 13.2. The lowest BCUT2D eigenvalue weighted by Crippen LogP contribution is -2.52. The van der Waals surface area contributed by atoms with Gasteiger partial charge in [0.1, 0.15) is 19.0 Å². The van der Waals surface area contributed by atoms with E-state index in [2.05, 4.69) is 45.3 Å². The number of methoxy groups -OCH3 is 1. The highest BCUT2D eigenvalue weighted by Crippen LogP contribution is 2.31. The van der Waals surface area contributed by atoms with Gasteiger partial charge in [-0.2, -0.15) is 0 Å². The van der Waals surface area contributed by atoms with E-state index in [0.717, 1.165) is 43.3 Å². The zero-order valence-corrected chi connectivity index (χ0v) is 30.9. The van der Waals surface area contributed by atoms with Gasteiger partial charge in [-0.15, -0.1) is 0 Å². The highest BCUT2D eigenvalue weighted by molar-refractivity contribution is 6.87. The summed E-state index contributed by atoms with van der Waals surface area (Å²) in [6.07, 6.45) is 2.79. The number of aryl methyl sites for hydroxylation is 2. The summed E-state index contributed by atoms with van der Waals surface area (Å²) >= 11 is 0. The van der Waals surface area contributed by atoms with Crippen LogP contribution in [0.25, 0.3) is 0 Å². The molecule has 2 atom stereocenters. The maximum absolute atomic E-state index is 9.78. The maximum atomic E-state index is 9.78. The number of aliphatic hydroxyl groups excluding tert-OH is 3. The molecule has 2 aromatic rings. The monoisotopic (exact) mass is 652 g/mol. The predicted molar refractivity (Wildman–Crippen MR) is 181 cm³/mol. The molecule has 0 aliphatic heterocycles. The lowest BCUT2D eigenvalue weighted by atomic mass is 10.1. The third-order valence-corrected chi connectivity index (χ3v) is 18.5. The highest BCUT2D eigenvalue weighted by Gasteiger charge is 2.39. The molecule has 0 spiro atoms. The highest BCUT2D eigenvalue weighted by atomic mass is 28.5. The lowest BCUT2D eigenvalue weighted by molar-refractivity contribution is 0.120. The van der Waals surface area contributed by atoms with Crippen LogP contribution in [-0.2, 0) is 27.7 Å². The van der Waals surface area contributed by atoms with E-state index in [1.807, 2.05) is 30.3 Å². The summed E-state index contributed by atoms with van der Waals surface area (Å²) < 4.78 is 30.4. The smallest absolute Gasteiger partial charge is 0.311 e. The Balaban J connectivity index is 1.85. The topological polar surface area (TPSA) is 107 Å². The lowest BCUT2D eigenvalue weighted by Gasteiger charge is -2.39. The summed E-state index contributed by atoms with van der Waals surface area (Å²) in [5.41, 5.74) is 3.11. The molecular formula is C32H56O8Si3. The van der Waals surface area contributed by atoms with Crippen molar-refractivity contribution in [3.8, 4) is 17.2 Å². The van der Waals surface area contributed by atoms with Crippen molar-refractivity contribution in [1.29, 1.82) is 0 Å². The van der Waals surface area contributed by atoms with Gasteiger partial charge in [-0.05, 0) is 126 Å². The van der Waals surface area contributed by atoms with Gasteiger partial charge in [0.25, 0.3) is 0 Å². The molecule has 43 heavy (non-hydrogen) atoms. The molecule has 8 nitrogen and oxygen atoms in total. The Morgan fingerprint density at radius 2 is 1.14 bits per heavy atom. The Bertz CT molecular complexity index is 1040. The van der Waals surface area contributed by atoms with E-state index in [4.69, 9.17) is 22.4 Å². The van der Waals surface area contributed by atoms with Crippen molar-refractivity contribution in [1.82, 2.24) is 0 Å². The SMILES string of the molecule is COc1cc(CCC[Si](C)(C)O[Si](C)(C)O[Si](C)(C)CCCc2ccc(OCC(C)O)c(CO)c2)ccc1OCC(C)O. The van der Waals surface area contributed by atoms with Crippen LogP contribution in [0, 0.1) is 0 Å². The first-order valence-electron chi connectivity index (χ1n) is 15.5. The molecule has 0 radical (unpaired) electrons. The van der Waals surface area contributed by atoms with Gasteiger partial charge < -0.3 is 37.8 Å². The summed E-state index contributed by atoms with van der Waals surface area (Å²) in [4.78, 5) is 0. The Kier molecular flexibility index (Phi) is 14.9. The van der Waals surface area contributed by atoms with Crippen LogP contribution < -0.4 is 14.2 Å². The van der Waals surface area contributed by atoms with Crippen LogP contribution >= 0.6 is 0 Å². The molecule has 0 aliphatic carbocycles. The average molecular weight is 653 g/mol. The average Bonchev–Trinajstić information content (AvgIpc) is 2.89. The van der Waals surface area contributed by atoms with E-state index in [1.165, 1.54) is 11.1 Å². The van der Waals surface area contributed by atoms with E-state index in [-0.39, 0.29) is 19.8 Å². The third-order valence-electron chi connectivity index (χ3n) is 7.02. The third kappa shape index (κ3) is 14.3. The van der Waals surface area contributed by atoms with Crippen molar-refractivity contribution >= 4 is 25.2 Å². The predicted octanol–water partition coefficient (Wildman–Crippen LogP) is 6.42. The Labute approximate surface area is 262 Å². The first-order valence-corrected chi connectivity index (χ1v) is 24.5. The molecule has 3 N–H and O–H groups in total. The molecule has 11 heteroatoms. The van der Waals surface area contributed by atoms with Crippen LogP contribution in [-0.4, -0.2) is 73.0 Å². The quantitative estimate of drug-likeness (QED) is 0.141. The fourth-order valence-corrected chi connectivity index (χ4v) is 19.4. The van der Waals surface area contributed by atoms with Crippen molar-refractivity contribution in [2.45, 2.75) is 110 Å². The molecule has 0 saturated heterocycles. The minimum atomic E-state index is -2.32. The standard InChI is InChI=1S/C32H56O8Si3/c1-25(34)23-37-30-16-14-27(20-29(30)22-33)12-10-18-41(4,5)39-43(8,9)40-42(6,7)19-11-13-28-15-17-31(32(21-28)36-3)38-24-26(2)35/h14-17,20-21,25-26,33-35H,10-13,18-19,22-24H2,1-9H3. The van der Waals surface area contributed by atoms with Crippen LogP contribution in [0.1, 0.15) is 43.4 Å². The minimum Gasteiger partial charge on any atom is -0.493 e. The number of ether oxygens (including phenoxy) is 3. The van der Waals surface area contributed by atoms with Gasteiger partial charge in [-0.3, -0.25) is 0 Å². The van der Waals surface area contributed by atoms with Gasteiger partial charge >= 0.3 is 8.56 Å². The van der Waals surface area contributed by atoms with E-state index in [9.17, 15) is 15.3 Å². The molecule has 2 rings (SSSR count). The molecular weight excluding hydrogens is 597 g/mol. The zero-order valence-electron chi connectivity index (χ0n) is 27.9. The molecule has 2 aromatic carbocycles. The summed E-state index contributed by atoms with van der Waals surface area (Å²) in [6.45, 7) is 17.2. The molecule has 0 aliphatic rings. The molecule has 244 valence electrons. The largest absolute Gasteiger partial charge is 0.493 e. The molecule has 0 saturated carbocycles. The van der Waals surface area contributed by atoms with Gasteiger partial charge in [0, 0.05) is 5.56 Å².